The molecule has 0 saturated carbocycles. The highest BCUT2D eigenvalue weighted by Gasteiger charge is 2.42. The van der Waals surface area contributed by atoms with Crippen molar-refractivity contribution in [3.8, 4) is 22.3 Å². The highest BCUT2D eigenvalue weighted by molar-refractivity contribution is 6.92. The molecule has 0 N–H and O–H groups in total. The van der Waals surface area contributed by atoms with Crippen molar-refractivity contribution >= 4 is 39.9 Å². The molecular formula is C27H17BN2. The molecule has 0 fully saturated rings. The number of nitrogens with zero attached hydrogens (tertiary/aromatic N) is 2. The Labute approximate surface area is 175 Å². The molecule has 3 heterocycles. The van der Waals surface area contributed by atoms with E-state index in [9.17, 15) is 0 Å². The molecule has 0 spiro atoms. The van der Waals surface area contributed by atoms with Gasteiger partial charge in [0.1, 0.15) is 0 Å². The van der Waals surface area contributed by atoms with Gasteiger partial charge < -0.3 is 4.81 Å². The number of fused-ring (bicyclic) bond motifs is 12. The molecule has 0 aliphatic carbocycles. The average Bonchev–Trinajstić information content (AvgIpc) is 2.82. The predicted octanol–water partition coefficient (Wildman–Crippen LogP) is 5.14. The zero-order chi connectivity index (χ0) is 19.7. The third kappa shape index (κ3) is 2.02. The van der Waals surface area contributed by atoms with Crippen LogP contribution in [0.4, 0.5) is 11.4 Å². The SMILES string of the molecule is c1ccc2c(c1)B1c3ccccc3-c3cc4ccccc4cc3N1c1cnccc1-2. The van der Waals surface area contributed by atoms with Crippen molar-refractivity contribution < 1.29 is 0 Å². The van der Waals surface area contributed by atoms with Crippen molar-refractivity contribution in [2.75, 3.05) is 4.81 Å². The Morgan fingerprint density at radius 1 is 0.567 bits per heavy atom. The lowest BCUT2D eigenvalue weighted by Gasteiger charge is -2.43. The Hall–Kier alpha value is -3.85. The van der Waals surface area contributed by atoms with Gasteiger partial charge in [-0.1, -0.05) is 72.8 Å². The summed E-state index contributed by atoms with van der Waals surface area (Å²) in [6, 6.07) is 33.1. The molecule has 0 unspecified atom stereocenters. The molecule has 5 aromatic rings. The minimum Gasteiger partial charge on any atom is -0.375 e. The zero-order valence-electron chi connectivity index (χ0n) is 16.3. The molecule has 2 aliphatic rings. The van der Waals surface area contributed by atoms with Crippen LogP contribution in [0.25, 0.3) is 33.0 Å². The van der Waals surface area contributed by atoms with Crippen LogP contribution in [0.5, 0.6) is 0 Å². The molecule has 2 nitrogen and oxygen atoms in total. The van der Waals surface area contributed by atoms with Gasteiger partial charge >= 0.3 is 6.85 Å². The van der Waals surface area contributed by atoms with Gasteiger partial charge in [0.15, 0.2) is 0 Å². The maximum absolute atomic E-state index is 4.51. The Balaban J connectivity index is 1.65. The van der Waals surface area contributed by atoms with Gasteiger partial charge in [-0.25, -0.2) is 0 Å². The van der Waals surface area contributed by atoms with Crippen LogP contribution in [-0.2, 0) is 0 Å². The van der Waals surface area contributed by atoms with Crippen LogP contribution in [0.15, 0.2) is 103 Å². The number of aromatic nitrogens is 1. The first-order valence-electron chi connectivity index (χ1n) is 10.3. The highest BCUT2D eigenvalue weighted by Crippen LogP contribution is 2.46. The molecule has 3 heteroatoms. The normalized spacial score (nSPS) is 13.2. The maximum atomic E-state index is 4.51. The monoisotopic (exact) mass is 380 g/mol. The van der Waals surface area contributed by atoms with Crippen molar-refractivity contribution in [2.24, 2.45) is 0 Å². The van der Waals surface area contributed by atoms with Crippen molar-refractivity contribution in [3.63, 3.8) is 0 Å². The molecular weight excluding hydrogens is 363 g/mol. The fourth-order valence-corrected chi connectivity index (χ4v) is 5.26. The van der Waals surface area contributed by atoms with Gasteiger partial charge in [0, 0.05) is 29.2 Å². The van der Waals surface area contributed by atoms with Gasteiger partial charge in [-0.15, -0.1) is 0 Å². The summed E-state index contributed by atoms with van der Waals surface area (Å²) in [5.41, 5.74) is 10.3. The van der Waals surface area contributed by atoms with E-state index in [0.29, 0.717) is 0 Å². The first kappa shape index (κ1) is 16.0. The molecule has 30 heavy (non-hydrogen) atoms. The molecule has 2 aliphatic heterocycles. The van der Waals surface area contributed by atoms with Crippen molar-refractivity contribution in [2.45, 2.75) is 0 Å². The van der Waals surface area contributed by atoms with Crippen molar-refractivity contribution in [3.05, 3.63) is 103 Å². The highest BCUT2D eigenvalue weighted by atomic mass is 15.1. The molecule has 138 valence electrons. The predicted molar refractivity (Wildman–Crippen MR) is 126 cm³/mol. The first-order valence-corrected chi connectivity index (χ1v) is 10.3. The maximum Gasteiger partial charge on any atom is 0.329 e. The third-order valence-corrected chi connectivity index (χ3v) is 6.53. The van der Waals surface area contributed by atoms with Crippen LogP contribution >= 0.6 is 0 Å². The Morgan fingerprint density at radius 2 is 1.20 bits per heavy atom. The van der Waals surface area contributed by atoms with Gasteiger partial charge in [-0.3, -0.25) is 4.98 Å². The van der Waals surface area contributed by atoms with E-state index >= 15 is 0 Å². The molecule has 0 atom stereocenters. The molecule has 0 radical (unpaired) electrons. The number of pyridine rings is 1. The summed E-state index contributed by atoms with van der Waals surface area (Å²) in [6.45, 7) is 0.141. The summed E-state index contributed by atoms with van der Waals surface area (Å²) >= 11 is 0. The number of benzene rings is 4. The second-order valence-corrected chi connectivity index (χ2v) is 8.06. The van der Waals surface area contributed by atoms with Gasteiger partial charge in [0.2, 0.25) is 0 Å². The lowest BCUT2D eigenvalue weighted by Crippen LogP contribution is -2.59. The quantitative estimate of drug-likeness (QED) is 0.346. The lowest BCUT2D eigenvalue weighted by molar-refractivity contribution is 1.27. The summed E-state index contributed by atoms with van der Waals surface area (Å²) < 4.78 is 0. The fourth-order valence-electron chi connectivity index (χ4n) is 5.26. The number of hydrogen-bond donors (Lipinski definition) is 0. The number of anilines is 2. The van der Waals surface area contributed by atoms with Crippen LogP contribution in [0.3, 0.4) is 0 Å². The molecule has 0 saturated heterocycles. The van der Waals surface area contributed by atoms with E-state index in [1.165, 1.54) is 55.3 Å². The summed E-state index contributed by atoms with van der Waals surface area (Å²) in [7, 11) is 0. The van der Waals surface area contributed by atoms with E-state index < -0.39 is 0 Å². The summed E-state index contributed by atoms with van der Waals surface area (Å²) in [6.07, 6.45) is 3.92. The second-order valence-electron chi connectivity index (χ2n) is 8.06. The average molecular weight is 380 g/mol. The topological polar surface area (TPSA) is 16.1 Å². The van der Waals surface area contributed by atoms with E-state index in [1.807, 2.05) is 12.4 Å². The minimum atomic E-state index is 0.141. The van der Waals surface area contributed by atoms with Gasteiger partial charge in [-0.2, -0.15) is 0 Å². The molecule has 0 bridgehead atoms. The van der Waals surface area contributed by atoms with E-state index in [2.05, 4.69) is 101 Å². The molecule has 1 aromatic heterocycles. The summed E-state index contributed by atoms with van der Waals surface area (Å²) in [5.74, 6) is 0. The number of hydrogen-bond acceptors (Lipinski definition) is 2. The van der Waals surface area contributed by atoms with Crippen molar-refractivity contribution in [1.82, 2.24) is 4.98 Å². The third-order valence-electron chi connectivity index (χ3n) is 6.53. The Morgan fingerprint density at radius 3 is 1.97 bits per heavy atom. The lowest BCUT2D eigenvalue weighted by atomic mass is 9.43. The zero-order valence-corrected chi connectivity index (χ0v) is 16.3. The standard InChI is InChI=1S/C27H17BN2/c1-2-8-19-16-26-23(15-18(19)7-1)21-10-4-6-12-25(21)28-24-11-5-3-9-20(24)22-13-14-29-17-27(22)30(26)28/h1-17H. The Bertz CT molecular complexity index is 1470. The smallest absolute Gasteiger partial charge is 0.329 e. The minimum absolute atomic E-state index is 0.141. The van der Waals surface area contributed by atoms with E-state index in [0.717, 1.165) is 0 Å². The van der Waals surface area contributed by atoms with Crippen LogP contribution in [-0.4, -0.2) is 11.8 Å². The van der Waals surface area contributed by atoms with Crippen LogP contribution in [0.1, 0.15) is 0 Å². The van der Waals surface area contributed by atoms with Crippen LogP contribution in [0.2, 0.25) is 0 Å². The molecule has 7 rings (SSSR count). The number of rotatable bonds is 0. The van der Waals surface area contributed by atoms with Crippen LogP contribution < -0.4 is 15.7 Å². The summed E-state index contributed by atoms with van der Waals surface area (Å²) in [5, 5.41) is 2.53. The van der Waals surface area contributed by atoms with E-state index in [1.54, 1.807) is 0 Å². The van der Waals surface area contributed by atoms with Gasteiger partial charge in [-0.05, 0) is 51.0 Å². The van der Waals surface area contributed by atoms with E-state index in [-0.39, 0.29) is 6.85 Å². The first-order chi connectivity index (χ1) is 14.9. The largest absolute Gasteiger partial charge is 0.375 e. The van der Waals surface area contributed by atoms with E-state index in [4.69, 9.17) is 0 Å². The fraction of sp³-hybridized carbons (Fsp3) is 0. The second kappa shape index (κ2) is 5.83. The molecule has 0 amide bonds. The Kier molecular flexibility index (Phi) is 3.11. The molecule has 4 aromatic carbocycles. The van der Waals surface area contributed by atoms with Crippen molar-refractivity contribution in [1.29, 1.82) is 0 Å². The summed E-state index contributed by atoms with van der Waals surface area (Å²) in [4.78, 5) is 7.01. The van der Waals surface area contributed by atoms with Crippen LogP contribution in [0, 0.1) is 0 Å². The van der Waals surface area contributed by atoms with Gasteiger partial charge in [0.05, 0.1) is 5.69 Å². The van der Waals surface area contributed by atoms with Gasteiger partial charge in [0.25, 0.3) is 0 Å².